The van der Waals surface area contributed by atoms with E-state index in [-0.39, 0.29) is 12.8 Å². The zero-order valence-corrected chi connectivity index (χ0v) is 25.2. The number of amides is 1. The number of fused-ring (bicyclic) bond motifs is 1. The molecular weight excluding hydrogens is 568 g/mol. The fourth-order valence-electron chi connectivity index (χ4n) is 5.70. The molecular formula is C35H34N6O4. The SMILES string of the molecule is Cc1cc(/C=C/C#N)cc(C)c1Oc1nc(NC2CCN(Cc3ccc(C(N)=O)cc3)CC2)ncc1-c1ccc2c(c1)OCO2. The molecule has 2 aliphatic rings. The molecule has 2 aliphatic heterocycles. The van der Waals surface area contributed by atoms with Crippen molar-refractivity contribution in [3.63, 3.8) is 0 Å². The van der Waals surface area contributed by atoms with Gasteiger partial charge in [-0.15, -0.1) is 0 Å². The minimum absolute atomic E-state index is 0.187. The number of carbonyl (C=O) groups is 1. The van der Waals surface area contributed by atoms with Crippen LogP contribution in [0.15, 0.2) is 66.9 Å². The van der Waals surface area contributed by atoms with Crippen LogP contribution in [0.5, 0.6) is 23.1 Å². The van der Waals surface area contributed by atoms with Crippen LogP contribution in [0.3, 0.4) is 0 Å². The maximum atomic E-state index is 11.4. The van der Waals surface area contributed by atoms with Crippen molar-refractivity contribution >= 4 is 17.9 Å². The second kappa shape index (κ2) is 13.1. The van der Waals surface area contributed by atoms with Gasteiger partial charge in [0, 0.05) is 43.5 Å². The molecule has 0 bridgehead atoms. The summed E-state index contributed by atoms with van der Waals surface area (Å²) in [5, 5.41) is 12.5. The van der Waals surface area contributed by atoms with Crippen LogP contribution in [0.4, 0.5) is 5.95 Å². The number of piperidine rings is 1. The molecule has 10 heteroatoms. The van der Waals surface area contributed by atoms with Crippen molar-refractivity contribution in [3.8, 4) is 40.3 Å². The van der Waals surface area contributed by atoms with Gasteiger partial charge in [0.1, 0.15) is 5.75 Å². The van der Waals surface area contributed by atoms with E-state index in [1.54, 1.807) is 24.4 Å². The number of nitriles is 1. The molecule has 0 atom stereocenters. The third kappa shape index (κ3) is 6.89. The first kappa shape index (κ1) is 29.7. The van der Waals surface area contributed by atoms with Crippen LogP contribution in [-0.4, -0.2) is 46.7 Å². The number of nitrogens with zero attached hydrogens (tertiary/aromatic N) is 4. The van der Waals surface area contributed by atoms with Crippen LogP contribution in [0.1, 0.15) is 45.5 Å². The smallest absolute Gasteiger partial charge is 0.248 e. The van der Waals surface area contributed by atoms with Crippen LogP contribution >= 0.6 is 0 Å². The van der Waals surface area contributed by atoms with Crippen molar-refractivity contribution in [1.82, 2.24) is 14.9 Å². The van der Waals surface area contributed by atoms with Gasteiger partial charge in [0.25, 0.3) is 0 Å². The van der Waals surface area contributed by atoms with Crippen molar-refractivity contribution in [1.29, 1.82) is 5.26 Å². The summed E-state index contributed by atoms with van der Waals surface area (Å²) in [5.41, 5.74) is 11.4. The zero-order valence-electron chi connectivity index (χ0n) is 25.2. The Labute approximate surface area is 262 Å². The lowest BCUT2D eigenvalue weighted by atomic mass is 10.0. The molecule has 0 unspecified atom stereocenters. The number of benzene rings is 3. The number of likely N-dealkylation sites (tertiary alicyclic amines) is 1. The molecule has 0 aliphatic carbocycles. The number of rotatable bonds is 9. The highest BCUT2D eigenvalue weighted by Gasteiger charge is 2.23. The van der Waals surface area contributed by atoms with Gasteiger partial charge < -0.3 is 25.3 Å². The Balaban J connectivity index is 1.20. The number of hydrogen-bond donors (Lipinski definition) is 2. The predicted molar refractivity (Wildman–Crippen MR) is 171 cm³/mol. The van der Waals surface area contributed by atoms with Crippen molar-refractivity contribution < 1.29 is 19.0 Å². The highest BCUT2D eigenvalue weighted by molar-refractivity contribution is 5.92. The number of hydrogen-bond acceptors (Lipinski definition) is 9. The molecule has 3 N–H and O–H groups in total. The van der Waals surface area contributed by atoms with E-state index in [1.807, 2.05) is 62.4 Å². The molecule has 0 saturated carbocycles. The zero-order chi connectivity index (χ0) is 31.3. The van der Waals surface area contributed by atoms with Gasteiger partial charge in [-0.25, -0.2) is 4.98 Å². The molecule has 1 fully saturated rings. The van der Waals surface area contributed by atoms with E-state index in [2.05, 4.69) is 15.2 Å². The molecule has 45 heavy (non-hydrogen) atoms. The molecule has 4 aromatic rings. The van der Waals surface area contributed by atoms with Crippen molar-refractivity contribution in [2.75, 3.05) is 25.2 Å². The number of allylic oxidation sites excluding steroid dienone is 1. The van der Waals surface area contributed by atoms with Crippen LogP contribution in [0.2, 0.25) is 0 Å². The lowest BCUT2D eigenvalue weighted by Crippen LogP contribution is -2.39. The van der Waals surface area contributed by atoms with Gasteiger partial charge in [0.05, 0.1) is 11.6 Å². The van der Waals surface area contributed by atoms with E-state index < -0.39 is 5.91 Å². The minimum atomic E-state index is -0.416. The number of nitrogens with one attached hydrogen (secondary N) is 1. The number of aromatic nitrogens is 2. The highest BCUT2D eigenvalue weighted by Crippen LogP contribution is 2.40. The number of aryl methyl sites for hydroxylation is 2. The first-order chi connectivity index (χ1) is 21.9. The Morgan fingerprint density at radius 2 is 1.82 bits per heavy atom. The monoisotopic (exact) mass is 602 g/mol. The molecule has 0 spiro atoms. The van der Waals surface area contributed by atoms with Crippen LogP contribution in [0.25, 0.3) is 17.2 Å². The van der Waals surface area contributed by atoms with Crippen LogP contribution < -0.4 is 25.3 Å². The summed E-state index contributed by atoms with van der Waals surface area (Å²) in [5.74, 6) is 2.57. The van der Waals surface area contributed by atoms with Crippen molar-refractivity contribution in [3.05, 3.63) is 94.7 Å². The lowest BCUT2D eigenvalue weighted by molar-refractivity contribution is 0.1000. The van der Waals surface area contributed by atoms with Crippen molar-refractivity contribution in [2.24, 2.45) is 5.73 Å². The third-order valence-electron chi connectivity index (χ3n) is 8.03. The molecule has 228 valence electrons. The second-order valence-electron chi connectivity index (χ2n) is 11.3. The van der Waals surface area contributed by atoms with E-state index in [4.69, 9.17) is 30.2 Å². The van der Waals surface area contributed by atoms with Gasteiger partial charge in [-0.1, -0.05) is 18.2 Å². The number of ether oxygens (including phenoxy) is 3. The molecule has 3 heterocycles. The number of primary amides is 1. The van der Waals surface area contributed by atoms with Gasteiger partial charge in [0.15, 0.2) is 11.5 Å². The van der Waals surface area contributed by atoms with Gasteiger partial charge in [-0.2, -0.15) is 10.2 Å². The number of carbonyl (C=O) groups excluding carboxylic acids is 1. The largest absolute Gasteiger partial charge is 0.454 e. The fraction of sp³-hybridized carbons (Fsp3) is 0.257. The fourth-order valence-corrected chi connectivity index (χ4v) is 5.70. The van der Waals surface area contributed by atoms with Gasteiger partial charge in [-0.05, 0) is 97.0 Å². The molecule has 1 amide bonds. The standard InChI is InChI=1S/C35H34N6O4/c1-22-16-25(4-3-13-36)17-23(2)32(22)45-34-29(27-9-10-30-31(18-27)44-21-43-30)19-38-35(40-34)39-28-11-14-41(15-12-28)20-24-5-7-26(8-6-24)33(37)42/h3-10,16-19,28H,11-12,14-15,20-21H2,1-2H3,(H2,37,42)(H,38,39,40)/b4-3+. The van der Waals surface area contributed by atoms with Gasteiger partial charge >= 0.3 is 0 Å². The van der Waals surface area contributed by atoms with Crippen molar-refractivity contribution in [2.45, 2.75) is 39.3 Å². The van der Waals surface area contributed by atoms with E-state index in [0.717, 1.165) is 65.9 Å². The average Bonchev–Trinajstić information content (AvgIpc) is 3.51. The Morgan fingerprint density at radius 3 is 2.53 bits per heavy atom. The average molecular weight is 603 g/mol. The summed E-state index contributed by atoms with van der Waals surface area (Å²) < 4.78 is 17.7. The van der Waals surface area contributed by atoms with Crippen LogP contribution in [0, 0.1) is 25.2 Å². The Morgan fingerprint density at radius 1 is 1.09 bits per heavy atom. The van der Waals surface area contributed by atoms with E-state index in [1.165, 1.54) is 6.08 Å². The summed E-state index contributed by atoms with van der Waals surface area (Å²) in [6, 6.07) is 19.4. The molecule has 10 nitrogen and oxygen atoms in total. The highest BCUT2D eigenvalue weighted by atomic mass is 16.7. The maximum Gasteiger partial charge on any atom is 0.248 e. The summed E-state index contributed by atoms with van der Waals surface area (Å²) >= 11 is 0. The number of anilines is 1. The quantitative estimate of drug-likeness (QED) is 0.221. The predicted octanol–water partition coefficient (Wildman–Crippen LogP) is 5.99. The lowest BCUT2D eigenvalue weighted by Gasteiger charge is -2.32. The Kier molecular flexibility index (Phi) is 8.62. The maximum absolute atomic E-state index is 11.4. The summed E-state index contributed by atoms with van der Waals surface area (Å²) in [6.45, 7) is 6.79. The van der Waals surface area contributed by atoms with Gasteiger partial charge in [0.2, 0.25) is 24.5 Å². The Hall–Kier alpha value is -5.40. The molecule has 1 aromatic heterocycles. The first-order valence-corrected chi connectivity index (χ1v) is 14.9. The summed E-state index contributed by atoms with van der Waals surface area (Å²) in [4.78, 5) is 23.3. The Bertz CT molecular complexity index is 1770. The van der Waals surface area contributed by atoms with Gasteiger partial charge in [-0.3, -0.25) is 9.69 Å². The van der Waals surface area contributed by atoms with E-state index in [0.29, 0.717) is 34.6 Å². The van der Waals surface area contributed by atoms with E-state index >= 15 is 0 Å². The van der Waals surface area contributed by atoms with Crippen LogP contribution in [-0.2, 0) is 6.54 Å². The third-order valence-corrected chi connectivity index (χ3v) is 8.03. The topological polar surface area (TPSA) is 136 Å². The molecule has 1 saturated heterocycles. The van der Waals surface area contributed by atoms with E-state index in [9.17, 15) is 4.79 Å². The summed E-state index contributed by atoms with van der Waals surface area (Å²) in [7, 11) is 0. The second-order valence-corrected chi connectivity index (χ2v) is 11.3. The minimum Gasteiger partial charge on any atom is -0.454 e. The molecule has 3 aromatic carbocycles. The first-order valence-electron chi connectivity index (χ1n) is 14.9. The summed E-state index contributed by atoms with van der Waals surface area (Å²) in [6.07, 6.45) is 6.88. The molecule has 6 rings (SSSR count). The normalized spacial score (nSPS) is 14.8. The number of nitrogens with two attached hydrogens (primary N) is 1. The molecule has 0 radical (unpaired) electrons.